The molecular formula is C20H15Cl. The zero-order valence-electron chi connectivity index (χ0n) is 11.9. The minimum Gasteiger partial charge on any atom is -0.0843 e. The Morgan fingerprint density at radius 3 is 2.62 bits per heavy atom. The van der Waals surface area contributed by atoms with Gasteiger partial charge in [-0.2, -0.15) is 0 Å². The van der Waals surface area contributed by atoms with Crippen molar-refractivity contribution in [2.45, 2.75) is 13.3 Å². The van der Waals surface area contributed by atoms with Crippen LogP contribution < -0.4 is 0 Å². The van der Waals surface area contributed by atoms with E-state index in [-0.39, 0.29) is 0 Å². The zero-order chi connectivity index (χ0) is 14.4. The third-order valence-electron chi connectivity index (χ3n) is 4.19. The summed E-state index contributed by atoms with van der Waals surface area (Å²) in [6.45, 7) is 2.18. The third kappa shape index (κ3) is 2.07. The van der Waals surface area contributed by atoms with Crippen LogP contribution in [0.5, 0.6) is 0 Å². The van der Waals surface area contributed by atoms with Crippen molar-refractivity contribution in [2.75, 3.05) is 0 Å². The number of hydrogen-bond donors (Lipinski definition) is 0. The standard InChI is InChI=1S/C20H15Cl/c1-13-9-15-11-16(21)12-20(19(15)10-13)18-8-4-6-14-5-2-3-7-17(14)18/h2-9,11-12H,10H2,1H3. The van der Waals surface area contributed by atoms with Crippen molar-refractivity contribution >= 4 is 28.4 Å². The Morgan fingerprint density at radius 2 is 1.71 bits per heavy atom. The van der Waals surface area contributed by atoms with E-state index in [1.807, 2.05) is 0 Å². The molecule has 21 heavy (non-hydrogen) atoms. The average Bonchev–Trinajstić information content (AvgIpc) is 2.86. The minimum atomic E-state index is 0.808. The predicted octanol–water partition coefficient (Wildman–Crippen LogP) is 6.12. The van der Waals surface area contributed by atoms with Gasteiger partial charge in [0.15, 0.2) is 0 Å². The van der Waals surface area contributed by atoms with E-state index in [0.29, 0.717) is 0 Å². The average molecular weight is 291 g/mol. The maximum Gasteiger partial charge on any atom is 0.0418 e. The van der Waals surface area contributed by atoms with Crippen LogP contribution in [0, 0.1) is 0 Å². The van der Waals surface area contributed by atoms with Crippen LogP contribution in [-0.4, -0.2) is 0 Å². The summed E-state index contributed by atoms with van der Waals surface area (Å²) in [4.78, 5) is 0. The summed E-state index contributed by atoms with van der Waals surface area (Å²) in [5.74, 6) is 0. The van der Waals surface area contributed by atoms with Crippen LogP contribution >= 0.6 is 11.6 Å². The Balaban J connectivity index is 2.04. The molecule has 4 rings (SSSR count). The summed E-state index contributed by atoms with van der Waals surface area (Å²) in [7, 11) is 0. The molecule has 3 aromatic rings. The van der Waals surface area contributed by atoms with Crippen molar-refractivity contribution in [1.82, 2.24) is 0 Å². The largest absolute Gasteiger partial charge is 0.0843 e. The summed E-state index contributed by atoms with van der Waals surface area (Å²) >= 11 is 6.35. The van der Waals surface area contributed by atoms with Gasteiger partial charge in [-0.15, -0.1) is 0 Å². The van der Waals surface area contributed by atoms with Gasteiger partial charge < -0.3 is 0 Å². The molecule has 0 amide bonds. The van der Waals surface area contributed by atoms with Crippen molar-refractivity contribution in [1.29, 1.82) is 0 Å². The molecule has 1 aliphatic rings. The van der Waals surface area contributed by atoms with Crippen LogP contribution in [-0.2, 0) is 6.42 Å². The smallest absolute Gasteiger partial charge is 0.0418 e. The van der Waals surface area contributed by atoms with Crippen LogP contribution in [0.15, 0.2) is 60.2 Å². The SMILES string of the molecule is CC1=Cc2cc(Cl)cc(-c3cccc4ccccc34)c2C1. The van der Waals surface area contributed by atoms with Crippen LogP contribution in [0.4, 0.5) is 0 Å². The second kappa shape index (κ2) is 4.75. The molecule has 1 aliphatic carbocycles. The van der Waals surface area contributed by atoms with Crippen molar-refractivity contribution in [3.8, 4) is 11.1 Å². The first-order valence-corrected chi connectivity index (χ1v) is 7.58. The lowest BCUT2D eigenvalue weighted by atomic mass is 9.92. The lowest BCUT2D eigenvalue weighted by molar-refractivity contribution is 1.20. The lowest BCUT2D eigenvalue weighted by Gasteiger charge is -2.13. The minimum absolute atomic E-state index is 0.808. The fraction of sp³-hybridized carbons (Fsp3) is 0.100. The fourth-order valence-corrected chi connectivity index (χ4v) is 3.51. The molecule has 0 unspecified atom stereocenters. The predicted molar refractivity (Wildman–Crippen MR) is 91.7 cm³/mol. The maximum atomic E-state index is 6.35. The van der Waals surface area contributed by atoms with Gasteiger partial charge in [-0.05, 0) is 58.5 Å². The van der Waals surface area contributed by atoms with Gasteiger partial charge in [-0.25, -0.2) is 0 Å². The molecule has 0 aliphatic heterocycles. The van der Waals surface area contributed by atoms with Gasteiger partial charge >= 0.3 is 0 Å². The van der Waals surface area contributed by atoms with Gasteiger partial charge in [0, 0.05) is 5.02 Å². The first-order valence-electron chi connectivity index (χ1n) is 7.20. The lowest BCUT2D eigenvalue weighted by Crippen LogP contribution is -1.91. The summed E-state index contributed by atoms with van der Waals surface area (Å²) in [5, 5.41) is 3.36. The van der Waals surface area contributed by atoms with E-state index in [9.17, 15) is 0 Å². The molecule has 0 heterocycles. The van der Waals surface area contributed by atoms with Crippen LogP contribution in [0.1, 0.15) is 18.1 Å². The summed E-state index contributed by atoms with van der Waals surface area (Å²) in [6.07, 6.45) is 3.26. The number of hydrogen-bond acceptors (Lipinski definition) is 0. The summed E-state index contributed by atoms with van der Waals surface area (Å²) in [6, 6.07) is 19.2. The molecule has 0 N–H and O–H groups in total. The van der Waals surface area contributed by atoms with Gasteiger partial charge in [0.2, 0.25) is 0 Å². The Labute approximate surface area is 129 Å². The Kier molecular flexibility index (Phi) is 2.87. The third-order valence-corrected chi connectivity index (χ3v) is 4.40. The molecule has 3 aromatic carbocycles. The number of benzene rings is 3. The van der Waals surface area contributed by atoms with E-state index in [1.54, 1.807) is 0 Å². The van der Waals surface area contributed by atoms with E-state index in [1.165, 1.54) is 38.6 Å². The number of rotatable bonds is 1. The molecule has 0 fully saturated rings. The molecular weight excluding hydrogens is 276 g/mol. The molecule has 0 saturated heterocycles. The molecule has 0 nitrogen and oxygen atoms in total. The number of halogens is 1. The molecule has 1 heteroatoms. The first kappa shape index (κ1) is 12.7. The molecule has 0 radical (unpaired) electrons. The van der Waals surface area contributed by atoms with Crippen LogP contribution in [0.25, 0.3) is 28.0 Å². The normalized spacial score (nSPS) is 13.3. The maximum absolute atomic E-state index is 6.35. The van der Waals surface area contributed by atoms with Gasteiger partial charge in [0.05, 0.1) is 0 Å². The molecule has 0 bridgehead atoms. The van der Waals surface area contributed by atoms with Gasteiger partial charge in [0.1, 0.15) is 0 Å². The zero-order valence-corrected chi connectivity index (χ0v) is 12.6. The summed E-state index contributed by atoms with van der Waals surface area (Å²) < 4.78 is 0. The molecule has 102 valence electrons. The van der Waals surface area contributed by atoms with Crippen LogP contribution in [0.2, 0.25) is 5.02 Å². The van der Waals surface area contributed by atoms with Crippen molar-refractivity contribution in [2.24, 2.45) is 0 Å². The van der Waals surface area contributed by atoms with Gasteiger partial charge in [0.25, 0.3) is 0 Å². The molecule has 0 spiro atoms. The van der Waals surface area contributed by atoms with Gasteiger partial charge in [-0.1, -0.05) is 65.7 Å². The van der Waals surface area contributed by atoms with E-state index >= 15 is 0 Å². The fourth-order valence-electron chi connectivity index (χ4n) is 3.28. The van der Waals surface area contributed by atoms with Crippen molar-refractivity contribution in [3.05, 3.63) is 76.3 Å². The van der Waals surface area contributed by atoms with E-state index in [4.69, 9.17) is 11.6 Å². The Bertz CT molecular complexity index is 882. The number of fused-ring (bicyclic) bond motifs is 2. The Hall–Kier alpha value is -2.05. The quantitative estimate of drug-likeness (QED) is 0.506. The highest BCUT2D eigenvalue weighted by atomic mass is 35.5. The highest BCUT2D eigenvalue weighted by Crippen LogP contribution is 2.39. The second-order valence-corrected chi connectivity index (χ2v) is 6.15. The van der Waals surface area contributed by atoms with Gasteiger partial charge in [-0.3, -0.25) is 0 Å². The van der Waals surface area contributed by atoms with Crippen molar-refractivity contribution < 1.29 is 0 Å². The first-order chi connectivity index (χ1) is 10.2. The van der Waals surface area contributed by atoms with Crippen molar-refractivity contribution in [3.63, 3.8) is 0 Å². The van der Waals surface area contributed by atoms with Crippen LogP contribution in [0.3, 0.4) is 0 Å². The summed E-state index contributed by atoms with van der Waals surface area (Å²) in [5.41, 5.74) is 6.60. The molecule has 0 aromatic heterocycles. The molecule has 0 atom stereocenters. The monoisotopic (exact) mass is 290 g/mol. The Morgan fingerprint density at radius 1 is 0.905 bits per heavy atom. The number of allylic oxidation sites excluding steroid dienone is 1. The highest BCUT2D eigenvalue weighted by molar-refractivity contribution is 6.31. The van der Waals surface area contributed by atoms with E-state index in [2.05, 4.69) is 67.6 Å². The highest BCUT2D eigenvalue weighted by Gasteiger charge is 2.17. The molecule has 0 saturated carbocycles. The topological polar surface area (TPSA) is 0 Å². The van der Waals surface area contributed by atoms with E-state index < -0.39 is 0 Å². The van der Waals surface area contributed by atoms with E-state index in [0.717, 1.165) is 11.4 Å². The second-order valence-electron chi connectivity index (χ2n) is 5.72.